The van der Waals surface area contributed by atoms with Gasteiger partial charge < -0.3 is 29.3 Å². The maximum Gasteiger partial charge on any atom is 0.267 e. The number of hydrogen-bond acceptors (Lipinski definition) is 5. The minimum Gasteiger partial charge on any atom is -0.497 e. The lowest BCUT2D eigenvalue weighted by atomic mass is 10.2. The molecule has 2 aliphatic heterocycles. The number of fused-ring (bicyclic) bond motifs is 1. The van der Waals surface area contributed by atoms with Gasteiger partial charge in [-0.1, -0.05) is 24.3 Å². The third kappa shape index (κ3) is 4.59. The van der Waals surface area contributed by atoms with Gasteiger partial charge in [0, 0.05) is 32.7 Å². The Morgan fingerprint density at radius 2 is 1.73 bits per heavy atom. The predicted octanol–water partition coefficient (Wildman–Crippen LogP) is 2.05. The number of thiocarbonyl (C=S) groups is 1. The van der Waals surface area contributed by atoms with E-state index in [0.717, 1.165) is 11.3 Å². The molecule has 0 aromatic heterocycles. The number of carbonyl (C=O) groups excluding carboxylic acids is 1. The van der Waals surface area contributed by atoms with Crippen molar-refractivity contribution in [2.45, 2.75) is 12.6 Å². The van der Waals surface area contributed by atoms with E-state index >= 15 is 0 Å². The molecule has 1 amide bonds. The molecule has 8 heteroatoms. The van der Waals surface area contributed by atoms with E-state index in [0.29, 0.717) is 49.3 Å². The number of amides is 1. The number of ether oxygens (including phenoxy) is 3. The van der Waals surface area contributed by atoms with Crippen LogP contribution in [-0.2, 0) is 11.3 Å². The highest BCUT2D eigenvalue weighted by molar-refractivity contribution is 7.80. The predicted molar refractivity (Wildman–Crippen MR) is 117 cm³/mol. The number of carbonyl (C=O) groups is 1. The number of benzene rings is 2. The number of piperazine rings is 1. The molecule has 0 saturated carbocycles. The number of para-hydroxylation sites is 2. The average molecular weight is 428 g/mol. The first-order valence-corrected chi connectivity index (χ1v) is 10.4. The summed E-state index contributed by atoms with van der Waals surface area (Å²) in [4.78, 5) is 16.8. The number of methoxy groups -OCH3 is 1. The number of rotatable bonds is 4. The molecule has 0 aliphatic carbocycles. The smallest absolute Gasteiger partial charge is 0.267 e. The Balaban J connectivity index is 1.24. The Bertz CT molecular complexity index is 898. The molecule has 2 aromatic rings. The zero-order valence-corrected chi connectivity index (χ0v) is 17.7. The Hall–Kier alpha value is -3.00. The van der Waals surface area contributed by atoms with Gasteiger partial charge in [-0.15, -0.1) is 0 Å². The van der Waals surface area contributed by atoms with E-state index in [-0.39, 0.29) is 12.5 Å². The first-order chi connectivity index (χ1) is 14.6. The van der Waals surface area contributed by atoms with Crippen LogP contribution in [0.3, 0.4) is 0 Å². The molecule has 1 atom stereocenters. The second-order valence-electron chi connectivity index (χ2n) is 7.18. The van der Waals surface area contributed by atoms with Crippen molar-refractivity contribution in [3.05, 3.63) is 54.1 Å². The van der Waals surface area contributed by atoms with E-state index in [9.17, 15) is 4.79 Å². The molecule has 2 aliphatic rings. The highest BCUT2D eigenvalue weighted by atomic mass is 32.1. The molecule has 158 valence electrons. The highest BCUT2D eigenvalue weighted by Crippen LogP contribution is 2.31. The molecule has 0 spiro atoms. The van der Waals surface area contributed by atoms with E-state index in [1.807, 2.05) is 53.4 Å². The number of nitrogens with zero attached hydrogens (tertiary/aromatic N) is 2. The van der Waals surface area contributed by atoms with Crippen molar-refractivity contribution in [3.63, 3.8) is 0 Å². The molecule has 2 aromatic carbocycles. The number of hydrogen-bond donors (Lipinski definition) is 1. The van der Waals surface area contributed by atoms with Crippen molar-refractivity contribution >= 4 is 23.2 Å². The van der Waals surface area contributed by atoms with Crippen LogP contribution in [0.25, 0.3) is 0 Å². The molecule has 4 rings (SSSR count). The van der Waals surface area contributed by atoms with Crippen molar-refractivity contribution in [1.29, 1.82) is 0 Å². The summed E-state index contributed by atoms with van der Waals surface area (Å²) in [6.45, 7) is 3.45. The fourth-order valence-electron chi connectivity index (χ4n) is 3.51. The fraction of sp³-hybridized carbons (Fsp3) is 0.364. The van der Waals surface area contributed by atoms with Crippen molar-refractivity contribution in [2.75, 3.05) is 39.9 Å². The van der Waals surface area contributed by atoms with Gasteiger partial charge in [0.05, 0.1) is 7.11 Å². The topological polar surface area (TPSA) is 63.3 Å². The van der Waals surface area contributed by atoms with Crippen LogP contribution >= 0.6 is 12.2 Å². The monoisotopic (exact) mass is 427 g/mol. The van der Waals surface area contributed by atoms with Gasteiger partial charge in [0.15, 0.2) is 16.6 Å². The largest absolute Gasteiger partial charge is 0.497 e. The molecular weight excluding hydrogens is 402 g/mol. The molecule has 1 saturated heterocycles. The molecule has 0 bridgehead atoms. The van der Waals surface area contributed by atoms with Gasteiger partial charge in [0.25, 0.3) is 5.91 Å². The van der Waals surface area contributed by atoms with Crippen LogP contribution in [0.1, 0.15) is 5.56 Å². The first-order valence-electron chi connectivity index (χ1n) is 9.97. The van der Waals surface area contributed by atoms with Crippen LogP contribution < -0.4 is 19.5 Å². The Labute approximate surface area is 181 Å². The standard InChI is InChI=1S/C22H25N3O4S/c1-27-17-8-6-16(7-9-17)14-23-22(30)25-12-10-24(11-13-25)21(26)20-15-28-18-4-2-3-5-19(18)29-20/h2-9,20H,10-15H2,1H3,(H,23,30). The molecule has 1 unspecified atom stereocenters. The molecule has 30 heavy (non-hydrogen) atoms. The summed E-state index contributed by atoms with van der Waals surface area (Å²) in [6.07, 6.45) is -0.605. The average Bonchev–Trinajstić information content (AvgIpc) is 2.82. The summed E-state index contributed by atoms with van der Waals surface area (Å²) >= 11 is 5.54. The number of nitrogens with one attached hydrogen (secondary N) is 1. The molecule has 0 radical (unpaired) electrons. The lowest BCUT2D eigenvalue weighted by Gasteiger charge is -2.38. The van der Waals surface area contributed by atoms with Crippen LogP contribution in [-0.4, -0.2) is 66.8 Å². The highest BCUT2D eigenvalue weighted by Gasteiger charge is 2.33. The summed E-state index contributed by atoms with van der Waals surface area (Å²) in [5.74, 6) is 2.09. The summed E-state index contributed by atoms with van der Waals surface area (Å²) in [7, 11) is 1.65. The van der Waals surface area contributed by atoms with Crippen molar-refractivity contribution in [2.24, 2.45) is 0 Å². The lowest BCUT2D eigenvalue weighted by Crippen LogP contribution is -2.56. The van der Waals surface area contributed by atoms with Crippen molar-refractivity contribution in [1.82, 2.24) is 15.1 Å². The third-order valence-corrected chi connectivity index (χ3v) is 5.67. The van der Waals surface area contributed by atoms with Gasteiger partial charge in [0.1, 0.15) is 12.4 Å². The molecule has 1 fully saturated rings. The van der Waals surface area contributed by atoms with Crippen molar-refractivity contribution < 1.29 is 19.0 Å². The normalized spacial score (nSPS) is 18.0. The molecule has 1 N–H and O–H groups in total. The quantitative estimate of drug-likeness (QED) is 0.750. The second kappa shape index (κ2) is 9.21. The van der Waals surface area contributed by atoms with Crippen LogP contribution in [0.4, 0.5) is 0 Å². The first kappa shape index (κ1) is 20.3. The summed E-state index contributed by atoms with van der Waals surface area (Å²) in [5, 5.41) is 3.99. The SMILES string of the molecule is COc1ccc(CNC(=S)N2CCN(C(=O)C3COc4ccccc4O3)CC2)cc1. The Morgan fingerprint density at radius 3 is 2.43 bits per heavy atom. The summed E-state index contributed by atoms with van der Waals surface area (Å²) < 4.78 is 16.7. The van der Waals surface area contributed by atoms with E-state index in [2.05, 4.69) is 10.2 Å². The van der Waals surface area contributed by atoms with Gasteiger partial charge in [-0.2, -0.15) is 0 Å². The van der Waals surface area contributed by atoms with Gasteiger partial charge in [-0.25, -0.2) is 0 Å². The van der Waals surface area contributed by atoms with Crippen LogP contribution in [0.5, 0.6) is 17.2 Å². The molecular formula is C22H25N3O4S. The maximum atomic E-state index is 12.8. The Kier molecular flexibility index (Phi) is 6.23. The van der Waals surface area contributed by atoms with Crippen molar-refractivity contribution in [3.8, 4) is 17.2 Å². The molecule has 2 heterocycles. The van der Waals surface area contributed by atoms with Crippen LogP contribution in [0, 0.1) is 0 Å². The zero-order valence-electron chi connectivity index (χ0n) is 16.9. The minimum absolute atomic E-state index is 0.0405. The van der Waals surface area contributed by atoms with Gasteiger partial charge in [0.2, 0.25) is 6.10 Å². The zero-order chi connectivity index (χ0) is 20.9. The van der Waals surface area contributed by atoms with E-state index in [4.69, 9.17) is 26.4 Å². The summed E-state index contributed by atoms with van der Waals surface area (Å²) in [5.41, 5.74) is 1.13. The second-order valence-corrected chi connectivity index (χ2v) is 7.57. The Morgan fingerprint density at radius 1 is 1.07 bits per heavy atom. The molecule has 7 nitrogen and oxygen atoms in total. The van der Waals surface area contributed by atoms with E-state index in [1.165, 1.54) is 0 Å². The van der Waals surface area contributed by atoms with Crippen LogP contribution in [0.15, 0.2) is 48.5 Å². The summed E-state index contributed by atoms with van der Waals surface area (Å²) in [6, 6.07) is 15.3. The third-order valence-electron chi connectivity index (χ3n) is 5.27. The fourth-order valence-corrected chi connectivity index (χ4v) is 3.76. The van der Waals surface area contributed by atoms with Gasteiger partial charge in [-0.3, -0.25) is 4.79 Å². The van der Waals surface area contributed by atoms with Gasteiger partial charge in [-0.05, 0) is 42.0 Å². The minimum atomic E-state index is -0.605. The van der Waals surface area contributed by atoms with Crippen LogP contribution in [0.2, 0.25) is 0 Å². The van der Waals surface area contributed by atoms with E-state index in [1.54, 1.807) is 7.11 Å². The maximum absolute atomic E-state index is 12.8. The lowest BCUT2D eigenvalue weighted by molar-refractivity contribution is -0.142. The van der Waals surface area contributed by atoms with E-state index < -0.39 is 6.10 Å². The van der Waals surface area contributed by atoms with Gasteiger partial charge >= 0.3 is 0 Å².